The Balaban J connectivity index is 2.37. The molecule has 1 aliphatic rings. The van der Waals surface area contributed by atoms with Crippen LogP contribution in [0.5, 0.6) is 0 Å². The third-order valence-electron chi connectivity index (χ3n) is 2.07. The Morgan fingerprint density at radius 1 is 1.46 bits per heavy atom. The van der Waals surface area contributed by atoms with Crippen LogP contribution >= 0.6 is 11.8 Å². The Morgan fingerprint density at radius 3 is 3.00 bits per heavy atom. The Hall–Kier alpha value is -0.830. The van der Waals surface area contributed by atoms with Gasteiger partial charge < -0.3 is 11.1 Å². The molecule has 70 valence electrons. The molecule has 3 heteroatoms. The smallest absolute Gasteiger partial charge is 0.0484 e. The van der Waals surface area contributed by atoms with Gasteiger partial charge in [-0.25, -0.2) is 0 Å². The molecule has 0 unspecified atom stereocenters. The van der Waals surface area contributed by atoms with Crippen LogP contribution in [0.25, 0.3) is 0 Å². The van der Waals surface area contributed by atoms with E-state index in [9.17, 15) is 0 Å². The van der Waals surface area contributed by atoms with E-state index in [4.69, 9.17) is 5.73 Å². The summed E-state index contributed by atoms with van der Waals surface area (Å²) >= 11 is 1.87. The molecule has 13 heavy (non-hydrogen) atoms. The average molecular weight is 194 g/mol. The summed E-state index contributed by atoms with van der Waals surface area (Å²) in [4.78, 5) is 1.26. The summed E-state index contributed by atoms with van der Waals surface area (Å²) in [6, 6.07) is 6.02. The van der Waals surface area contributed by atoms with Gasteiger partial charge in [0.25, 0.3) is 0 Å². The molecule has 0 atom stereocenters. The van der Waals surface area contributed by atoms with Gasteiger partial charge in [0.1, 0.15) is 0 Å². The third kappa shape index (κ3) is 1.75. The number of thioether (sulfide) groups is 1. The molecule has 2 nitrogen and oxygen atoms in total. The molecule has 1 aromatic carbocycles. The van der Waals surface area contributed by atoms with Crippen molar-refractivity contribution in [3.05, 3.63) is 18.2 Å². The second kappa shape index (κ2) is 2.84. The number of anilines is 2. The molecule has 0 fully saturated rings. The second-order valence-corrected chi connectivity index (χ2v) is 5.07. The maximum absolute atomic E-state index is 5.71. The predicted molar refractivity (Wildman–Crippen MR) is 59.3 cm³/mol. The van der Waals surface area contributed by atoms with Crippen molar-refractivity contribution in [1.82, 2.24) is 0 Å². The molecule has 0 aliphatic carbocycles. The second-order valence-electron chi connectivity index (χ2n) is 4.05. The first-order chi connectivity index (χ1) is 6.07. The first-order valence-electron chi connectivity index (χ1n) is 4.37. The molecule has 3 N–H and O–H groups in total. The van der Waals surface area contributed by atoms with E-state index in [-0.39, 0.29) is 5.54 Å². The lowest BCUT2D eigenvalue weighted by Crippen LogP contribution is -2.36. The lowest BCUT2D eigenvalue weighted by molar-refractivity contribution is 0.637. The van der Waals surface area contributed by atoms with Gasteiger partial charge in [-0.2, -0.15) is 0 Å². The van der Waals surface area contributed by atoms with Crippen molar-refractivity contribution in [2.45, 2.75) is 24.3 Å². The standard InChI is InChI=1S/C10H14N2S/c1-10(2)6-13-9-5-7(11)3-4-8(9)12-10/h3-5,12H,6,11H2,1-2H3. The maximum Gasteiger partial charge on any atom is 0.0484 e. The summed E-state index contributed by atoms with van der Waals surface area (Å²) in [7, 11) is 0. The van der Waals surface area contributed by atoms with E-state index in [2.05, 4.69) is 25.2 Å². The van der Waals surface area contributed by atoms with E-state index in [1.165, 1.54) is 10.6 Å². The van der Waals surface area contributed by atoms with Crippen molar-refractivity contribution in [2.75, 3.05) is 16.8 Å². The monoisotopic (exact) mass is 194 g/mol. The van der Waals surface area contributed by atoms with Gasteiger partial charge in [0.15, 0.2) is 0 Å². The fraction of sp³-hybridized carbons (Fsp3) is 0.400. The van der Waals surface area contributed by atoms with E-state index < -0.39 is 0 Å². The minimum atomic E-state index is 0.188. The van der Waals surface area contributed by atoms with Crippen LogP contribution in [0.3, 0.4) is 0 Å². The Kier molecular flexibility index (Phi) is 1.91. The lowest BCUT2D eigenvalue weighted by Gasteiger charge is -2.33. The summed E-state index contributed by atoms with van der Waals surface area (Å²) in [6.45, 7) is 4.42. The minimum Gasteiger partial charge on any atom is -0.399 e. The number of fused-ring (bicyclic) bond motifs is 1. The van der Waals surface area contributed by atoms with Crippen LogP contribution in [-0.2, 0) is 0 Å². The van der Waals surface area contributed by atoms with Gasteiger partial charge in [0.05, 0.1) is 0 Å². The fourth-order valence-corrected chi connectivity index (χ4v) is 2.50. The van der Waals surface area contributed by atoms with Gasteiger partial charge in [0, 0.05) is 27.6 Å². The molecular formula is C10H14N2S. The predicted octanol–water partition coefficient (Wildman–Crippen LogP) is 2.57. The van der Waals surface area contributed by atoms with Gasteiger partial charge in [-0.05, 0) is 32.0 Å². The molecule has 0 saturated heterocycles. The molecule has 0 aromatic heterocycles. The summed E-state index contributed by atoms with van der Waals surface area (Å²) in [5.41, 5.74) is 7.94. The fourth-order valence-electron chi connectivity index (χ4n) is 1.42. The molecule has 0 amide bonds. The van der Waals surface area contributed by atoms with Crippen LogP contribution in [0.1, 0.15) is 13.8 Å². The lowest BCUT2D eigenvalue weighted by atomic mass is 10.1. The number of rotatable bonds is 0. The number of hydrogen-bond acceptors (Lipinski definition) is 3. The van der Waals surface area contributed by atoms with Crippen LogP contribution < -0.4 is 11.1 Å². The minimum absolute atomic E-state index is 0.188. The highest BCUT2D eigenvalue weighted by molar-refractivity contribution is 7.99. The van der Waals surface area contributed by atoms with Crippen molar-refractivity contribution >= 4 is 23.1 Å². The van der Waals surface area contributed by atoms with E-state index in [1.807, 2.05) is 23.9 Å². The number of nitrogens with one attached hydrogen (secondary N) is 1. The summed E-state index contributed by atoms with van der Waals surface area (Å²) in [6.07, 6.45) is 0. The summed E-state index contributed by atoms with van der Waals surface area (Å²) in [5, 5.41) is 3.49. The van der Waals surface area contributed by atoms with Crippen LogP contribution in [0.2, 0.25) is 0 Å². The van der Waals surface area contributed by atoms with Crippen LogP contribution in [0.15, 0.2) is 23.1 Å². The SMILES string of the molecule is CC1(C)CSc2cc(N)ccc2N1. The zero-order valence-electron chi connectivity index (χ0n) is 7.92. The largest absolute Gasteiger partial charge is 0.399 e. The maximum atomic E-state index is 5.71. The molecule has 1 heterocycles. The Bertz CT molecular complexity index is 334. The number of benzene rings is 1. The molecular weight excluding hydrogens is 180 g/mol. The van der Waals surface area contributed by atoms with Gasteiger partial charge in [-0.15, -0.1) is 11.8 Å². The third-order valence-corrected chi connectivity index (χ3v) is 3.58. The molecule has 0 spiro atoms. The van der Waals surface area contributed by atoms with Crippen LogP contribution in [0, 0.1) is 0 Å². The number of nitrogen functional groups attached to an aromatic ring is 1. The molecule has 1 aromatic rings. The van der Waals surface area contributed by atoms with Crippen molar-refractivity contribution in [1.29, 1.82) is 0 Å². The highest BCUT2D eigenvalue weighted by Gasteiger charge is 2.24. The van der Waals surface area contributed by atoms with Crippen molar-refractivity contribution in [2.24, 2.45) is 0 Å². The Labute approximate surface area is 82.9 Å². The number of hydrogen-bond donors (Lipinski definition) is 2. The van der Waals surface area contributed by atoms with Crippen molar-refractivity contribution < 1.29 is 0 Å². The topological polar surface area (TPSA) is 38.0 Å². The average Bonchev–Trinajstić information content (AvgIpc) is 2.05. The number of nitrogens with two attached hydrogens (primary N) is 1. The van der Waals surface area contributed by atoms with Crippen LogP contribution in [-0.4, -0.2) is 11.3 Å². The highest BCUT2D eigenvalue weighted by Crippen LogP contribution is 2.37. The van der Waals surface area contributed by atoms with E-state index in [0.717, 1.165) is 11.4 Å². The van der Waals surface area contributed by atoms with Gasteiger partial charge in [0.2, 0.25) is 0 Å². The first kappa shape index (κ1) is 8.75. The Morgan fingerprint density at radius 2 is 2.23 bits per heavy atom. The van der Waals surface area contributed by atoms with Crippen LogP contribution in [0.4, 0.5) is 11.4 Å². The molecule has 1 aliphatic heterocycles. The zero-order valence-corrected chi connectivity index (χ0v) is 8.74. The molecule has 0 bridgehead atoms. The van der Waals surface area contributed by atoms with Gasteiger partial charge in [-0.3, -0.25) is 0 Å². The molecule has 2 rings (SSSR count). The van der Waals surface area contributed by atoms with Crippen molar-refractivity contribution in [3.63, 3.8) is 0 Å². The first-order valence-corrected chi connectivity index (χ1v) is 5.36. The van der Waals surface area contributed by atoms with E-state index in [0.29, 0.717) is 0 Å². The van der Waals surface area contributed by atoms with E-state index >= 15 is 0 Å². The zero-order chi connectivity index (χ0) is 9.47. The normalized spacial score (nSPS) is 18.9. The van der Waals surface area contributed by atoms with Gasteiger partial charge >= 0.3 is 0 Å². The summed E-state index contributed by atoms with van der Waals surface area (Å²) in [5.74, 6) is 1.09. The molecule has 0 saturated carbocycles. The van der Waals surface area contributed by atoms with Gasteiger partial charge in [-0.1, -0.05) is 0 Å². The molecule has 0 radical (unpaired) electrons. The summed E-state index contributed by atoms with van der Waals surface area (Å²) < 4.78 is 0. The quantitative estimate of drug-likeness (QED) is 0.623. The van der Waals surface area contributed by atoms with E-state index in [1.54, 1.807) is 0 Å². The van der Waals surface area contributed by atoms with Crippen molar-refractivity contribution in [3.8, 4) is 0 Å². The highest BCUT2D eigenvalue weighted by atomic mass is 32.2.